The van der Waals surface area contributed by atoms with Gasteiger partial charge in [-0.25, -0.2) is 17.3 Å². The molecule has 0 spiro atoms. The number of nitrogens with zero attached hydrogens (tertiary/aromatic N) is 7. The van der Waals surface area contributed by atoms with Gasteiger partial charge < -0.3 is 10.1 Å². The van der Waals surface area contributed by atoms with Crippen LogP contribution in [0.3, 0.4) is 0 Å². The second-order valence-corrected chi connectivity index (χ2v) is 22.3. The number of hydrogen-bond donors (Lipinski definition) is 1. The SMILES string of the molecule is CCc1ccc(-c2ccc(Cl)c3c(N(C(=O)CN4CCOCC4)S(C)=O)nn(CC(F)(F)F)c23)c(C(Cc2cc(F)cc(F)c2)NC(=O)Cn2nc(C(F)(F)F)c3c2C(F)(F)[C@@H]2C[C@H]32)n1.CS(=O)C(C)(C)C. The first kappa shape index (κ1) is 54.8. The molecule has 2 amide bonds. The number of aryl methyl sites for hydroxylation is 1. The number of anilines is 1. The van der Waals surface area contributed by atoms with Crippen molar-refractivity contribution in [2.24, 2.45) is 5.92 Å². The molecule has 72 heavy (non-hydrogen) atoms. The standard InChI is InChI=1S/C41H37ClF10N8O4S.C5H12OS/c1-3-23-4-5-24(25-6-7-28(42)33-35(25)59(19-39(45,46)47)56-38(33)60(65(2)63)31(62)18-57-8-10-64-11-9-57)34(53-23)29(14-20-12-21(43)15-22(44)13-20)54-30(61)17-58-37-32(36(55-58)41(50,51)52)26-16-27(26)40(37,48)49;1-5(2,3)7(4)6/h4-7,12-13,15,26-27,29H,3,8-11,14,16-19H2,1-2H3,(H,54,61);1-4H3/t26-,27+,29?,65?;/m0./s1. The number of ether oxygens (including phenoxy) is 1. The van der Waals surface area contributed by atoms with Crippen LogP contribution >= 0.6 is 11.6 Å². The van der Waals surface area contributed by atoms with E-state index in [4.69, 9.17) is 21.3 Å². The fraction of sp³-hybridized carbons (Fsp3) is 0.500. The van der Waals surface area contributed by atoms with Gasteiger partial charge in [0, 0.05) is 75.5 Å². The van der Waals surface area contributed by atoms with Gasteiger partial charge in [0.15, 0.2) is 11.5 Å². The maximum absolute atomic E-state index is 15.5. The van der Waals surface area contributed by atoms with E-state index >= 15 is 8.78 Å². The molecule has 1 N–H and O–H groups in total. The highest BCUT2D eigenvalue weighted by atomic mass is 35.5. The fourth-order valence-electron chi connectivity index (χ4n) is 8.66. The number of hydrogen-bond acceptors (Lipinski definition) is 9. The molecule has 4 heterocycles. The molecule has 2 aromatic carbocycles. The number of benzene rings is 2. The summed E-state index contributed by atoms with van der Waals surface area (Å²) in [6.45, 7) is 5.61. The quantitative estimate of drug-likeness (QED) is 0.115. The Labute approximate surface area is 416 Å². The predicted octanol–water partition coefficient (Wildman–Crippen LogP) is 8.80. The second-order valence-electron chi connectivity index (χ2n) is 18.5. The van der Waals surface area contributed by atoms with E-state index in [0.29, 0.717) is 47.4 Å². The van der Waals surface area contributed by atoms with Crippen LogP contribution in [-0.2, 0) is 74.1 Å². The van der Waals surface area contributed by atoms with Crippen molar-refractivity contribution in [2.45, 2.75) is 95.0 Å². The Bertz CT molecular complexity index is 2920. The van der Waals surface area contributed by atoms with Crippen LogP contribution in [0.4, 0.5) is 49.7 Å². The molecule has 5 aromatic rings. The van der Waals surface area contributed by atoms with E-state index in [-0.39, 0.29) is 62.4 Å². The van der Waals surface area contributed by atoms with Gasteiger partial charge in [-0.05, 0) is 75.8 Å². The van der Waals surface area contributed by atoms with Crippen molar-refractivity contribution in [1.82, 2.24) is 34.8 Å². The highest BCUT2D eigenvalue weighted by Crippen LogP contribution is 2.68. The number of halogens is 11. The van der Waals surface area contributed by atoms with Gasteiger partial charge in [-0.2, -0.15) is 45.3 Å². The topological polar surface area (TPSA) is 145 Å². The number of amides is 2. The van der Waals surface area contributed by atoms with Crippen molar-refractivity contribution < 1.29 is 66.6 Å². The third-order valence-corrected chi connectivity index (χ3v) is 15.2. The Morgan fingerprint density at radius 1 is 0.931 bits per heavy atom. The lowest BCUT2D eigenvalue weighted by atomic mass is 9.93. The van der Waals surface area contributed by atoms with Gasteiger partial charge in [-0.1, -0.05) is 30.7 Å². The average Bonchev–Trinajstić information content (AvgIpc) is 3.78. The number of aromatic nitrogens is 5. The van der Waals surface area contributed by atoms with Crippen LogP contribution in [0.25, 0.3) is 22.0 Å². The molecular formula is C46H49ClF10N8O5S2. The van der Waals surface area contributed by atoms with Gasteiger partial charge in [-0.15, -0.1) is 0 Å². The number of fused-ring (bicyclic) bond motifs is 4. The van der Waals surface area contributed by atoms with Crippen LogP contribution in [0.15, 0.2) is 42.5 Å². The van der Waals surface area contributed by atoms with Gasteiger partial charge >= 0.3 is 12.4 Å². The van der Waals surface area contributed by atoms with E-state index in [1.165, 1.54) is 24.3 Å². The fourth-order valence-corrected chi connectivity index (χ4v) is 9.61. The number of rotatable bonds is 13. The van der Waals surface area contributed by atoms with Gasteiger partial charge in [0.05, 0.1) is 47.4 Å². The van der Waals surface area contributed by atoms with Crippen LogP contribution in [0.2, 0.25) is 5.02 Å². The smallest absolute Gasteiger partial charge is 0.379 e. The van der Waals surface area contributed by atoms with E-state index in [0.717, 1.165) is 22.7 Å². The molecule has 1 saturated heterocycles. The summed E-state index contributed by atoms with van der Waals surface area (Å²) in [4.78, 5) is 34.2. The van der Waals surface area contributed by atoms with Crippen molar-refractivity contribution in [1.29, 1.82) is 0 Å². The molecule has 2 fully saturated rings. The molecule has 392 valence electrons. The summed E-state index contributed by atoms with van der Waals surface area (Å²) in [5.74, 6) is -10.8. The minimum Gasteiger partial charge on any atom is -0.379 e. The van der Waals surface area contributed by atoms with E-state index in [9.17, 15) is 53.1 Å². The molecule has 0 bridgehead atoms. The van der Waals surface area contributed by atoms with E-state index < -0.39 is 124 Å². The van der Waals surface area contributed by atoms with Crippen LogP contribution < -0.4 is 9.62 Å². The average molecular weight is 1080 g/mol. The highest BCUT2D eigenvalue weighted by Gasteiger charge is 2.68. The zero-order valence-electron chi connectivity index (χ0n) is 39.5. The summed E-state index contributed by atoms with van der Waals surface area (Å²) in [5, 5.41) is 9.70. The molecule has 3 unspecified atom stereocenters. The lowest BCUT2D eigenvalue weighted by Crippen LogP contribution is -2.45. The van der Waals surface area contributed by atoms with Crippen molar-refractivity contribution >= 4 is 61.9 Å². The number of alkyl halides is 8. The number of pyridine rings is 1. The van der Waals surface area contributed by atoms with E-state index in [2.05, 4.69) is 15.5 Å². The predicted molar refractivity (Wildman–Crippen MR) is 249 cm³/mol. The minimum atomic E-state index is -5.13. The van der Waals surface area contributed by atoms with Gasteiger partial charge in [0.25, 0.3) is 11.8 Å². The Hall–Kier alpha value is -4.98. The lowest BCUT2D eigenvalue weighted by molar-refractivity contribution is -0.143. The van der Waals surface area contributed by atoms with Gasteiger partial charge in [0.1, 0.15) is 41.4 Å². The summed E-state index contributed by atoms with van der Waals surface area (Å²) in [6.07, 6.45) is -7.69. The number of carbonyl (C=O) groups is 2. The molecule has 13 nitrogen and oxygen atoms in total. The first-order valence-electron chi connectivity index (χ1n) is 22.4. The van der Waals surface area contributed by atoms with Crippen LogP contribution in [0.1, 0.15) is 80.0 Å². The molecule has 2 aliphatic carbocycles. The van der Waals surface area contributed by atoms with Crippen molar-refractivity contribution in [3.63, 3.8) is 0 Å². The largest absolute Gasteiger partial charge is 0.435 e. The Kier molecular flexibility index (Phi) is 15.8. The second kappa shape index (κ2) is 20.7. The molecule has 1 aliphatic heterocycles. The summed E-state index contributed by atoms with van der Waals surface area (Å²) in [5.41, 5.74) is -3.62. The molecule has 3 aromatic heterocycles. The Balaban J connectivity index is 0.00000101. The molecule has 1 saturated carbocycles. The Morgan fingerprint density at radius 2 is 1.56 bits per heavy atom. The molecular weight excluding hydrogens is 1030 g/mol. The number of morpholine rings is 1. The lowest BCUT2D eigenvalue weighted by Gasteiger charge is -2.28. The molecule has 8 rings (SSSR count). The van der Waals surface area contributed by atoms with Crippen molar-refractivity contribution in [3.8, 4) is 11.1 Å². The van der Waals surface area contributed by atoms with Crippen LogP contribution in [0.5, 0.6) is 0 Å². The molecule has 26 heteroatoms. The van der Waals surface area contributed by atoms with Crippen molar-refractivity contribution in [2.75, 3.05) is 49.7 Å². The first-order chi connectivity index (χ1) is 33.5. The van der Waals surface area contributed by atoms with Crippen molar-refractivity contribution in [3.05, 3.63) is 93.0 Å². The number of carbonyl (C=O) groups excluding carboxylic acids is 2. The minimum absolute atomic E-state index is 0.0179. The zero-order valence-corrected chi connectivity index (χ0v) is 41.9. The maximum Gasteiger partial charge on any atom is 0.435 e. The maximum atomic E-state index is 15.5. The van der Waals surface area contributed by atoms with Crippen LogP contribution in [-0.4, -0.2) is 106 Å². The third kappa shape index (κ3) is 11.8. The van der Waals surface area contributed by atoms with Gasteiger partial charge in [0.2, 0.25) is 5.91 Å². The van der Waals surface area contributed by atoms with Gasteiger partial charge in [-0.3, -0.25) is 33.0 Å². The summed E-state index contributed by atoms with van der Waals surface area (Å²) in [6, 6.07) is 6.43. The van der Waals surface area contributed by atoms with E-state index in [1.54, 1.807) is 18.1 Å². The molecule has 3 aliphatic rings. The highest BCUT2D eigenvalue weighted by molar-refractivity contribution is 7.86. The zero-order chi connectivity index (χ0) is 53.0. The number of nitrogens with one attached hydrogen (secondary N) is 1. The first-order valence-corrected chi connectivity index (χ1v) is 25.8. The van der Waals surface area contributed by atoms with Crippen LogP contribution in [0, 0.1) is 17.6 Å². The summed E-state index contributed by atoms with van der Waals surface area (Å²) < 4.78 is 177. The summed E-state index contributed by atoms with van der Waals surface area (Å²) >= 11 is 6.71. The molecule has 5 atom stereocenters. The Morgan fingerprint density at radius 3 is 2.12 bits per heavy atom. The normalized spacial score (nSPS) is 19.0. The van der Waals surface area contributed by atoms with E-state index in [1.807, 2.05) is 20.8 Å². The summed E-state index contributed by atoms with van der Waals surface area (Å²) in [7, 11) is -2.90. The monoisotopic (exact) mass is 1080 g/mol. The molecule has 0 radical (unpaired) electrons. The third-order valence-electron chi connectivity index (χ3n) is 12.3.